The molecule has 3 aliphatic rings. The van der Waals surface area contributed by atoms with Gasteiger partial charge in [0.2, 0.25) is 5.91 Å². The summed E-state index contributed by atoms with van der Waals surface area (Å²) in [4.78, 5) is 67.4. The summed E-state index contributed by atoms with van der Waals surface area (Å²) in [6.45, 7) is -0.0785. The van der Waals surface area contributed by atoms with Gasteiger partial charge in [0.25, 0.3) is 0 Å². The highest BCUT2D eigenvalue weighted by Crippen LogP contribution is 2.53. The van der Waals surface area contributed by atoms with Crippen LogP contribution in [0.15, 0.2) is 22.6 Å². The van der Waals surface area contributed by atoms with Crippen molar-refractivity contribution >= 4 is 40.5 Å². The average Bonchev–Trinajstić information content (AvgIpc) is 3.39. The molecule has 3 aliphatic carbocycles. The first-order valence-electron chi connectivity index (χ1n) is 13.6. The third kappa shape index (κ3) is 4.46. The standard InChI is InChI=1S/C28H33N5O10/c1-31(2)16-9-15(30-10-12-5-6-17(43-12)33(41)42)22(34)19-13(16)7-11-8-14-21(32(3)4)24(36)20(27(29)39)26(38)28(14,40)25(37)18(11)23(19)35/h5-6,9,11,14,18,20-21,24,30,34,36,40H,7-8,10H2,1-4H3,(H2,29,39)/t11-,14-,18?,20?,21-,24?,28-/m1/s1. The number of aromatic hydroxyl groups is 1. The second-order valence-corrected chi connectivity index (χ2v) is 11.9. The molecule has 0 bridgehead atoms. The number of hydrogen-bond acceptors (Lipinski definition) is 13. The molecule has 43 heavy (non-hydrogen) atoms. The van der Waals surface area contributed by atoms with Gasteiger partial charge >= 0.3 is 5.88 Å². The Morgan fingerprint density at radius 3 is 2.44 bits per heavy atom. The number of likely N-dealkylation sites (N-methyl/N-ethyl adjacent to an activating group) is 1. The zero-order chi connectivity index (χ0) is 31.7. The molecule has 15 nitrogen and oxygen atoms in total. The van der Waals surface area contributed by atoms with Crippen molar-refractivity contribution in [3.63, 3.8) is 0 Å². The zero-order valence-corrected chi connectivity index (χ0v) is 23.9. The largest absolute Gasteiger partial charge is 0.505 e. The number of carbonyl (C=O) groups is 4. The van der Waals surface area contributed by atoms with E-state index in [0.29, 0.717) is 11.3 Å². The number of nitrogens with zero attached hydrogens (tertiary/aromatic N) is 3. The summed E-state index contributed by atoms with van der Waals surface area (Å²) in [7, 11) is 6.63. The number of aliphatic hydroxyl groups is 2. The van der Waals surface area contributed by atoms with Crippen molar-refractivity contribution in [3.8, 4) is 5.75 Å². The first kappa shape index (κ1) is 30.1. The fraction of sp³-hybridized carbons (Fsp3) is 0.500. The molecule has 0 saturated heterocycles. The number of furan rings is 1. The number of nitrogens with two attached hydrogens (primary N) is 1. The second kappa shape index (κ2) is 10.4. The van der Waals surface area contributed by atoms with Gasteiger partial charge in [0.05, 0.1) is 35.9 Å². The number of amides is 1. The summed E-state index contributed by atoms with van der Waals surface area (Å²) in [5.41, 5.74) is 3.61. The number of rotatable bonds is 7. The van der Waals surface area contributed by atoms with Crippen molar-refractivity contribution in [1.29, 1.82) is 0 Å². The third-order valence-electron chi connectivity index (χ3n) is 9.03. The van der Waals surface area contributed by atoms with E-state index in [1.165, 1.54) is 17.0 Å². The monoisotopic (exact) mass is 599 g/mol. The van der Waals surface area contributed by atoms with E-state index in [9.17, 15) is 44.6 Å². The normalized spacial score (nSPS) is 30.0. The molecule has 5 rings (SSSR count). The van der Waals surface area contributed by atoms with E-state index in [1.807, 2.05) is 0 Å². The molecule has 1 aromatic carbocycles. The predicted octanol–water partition coefficient (Wildman–Crippen LogP) is -0.162. The third-order valence-corrected chi connectivity index (χ3v) is 9.03. The number of Topliss-reactive ketones (excluding diaryl/α,β-unsaturated/α-hetero) is 3. The van der Waals surface area contributed by atoms with Crippen LogP contribution in [0.25, 0.3) is 0 Å². The summed E-state index contributed by atoms with van der Waals surface area (Å²) in [5, 5.41) is 47.9. The van der Waals surface area contributed by atoms with Crippen LogP contribution in [-0.4, -0.2) is 94.3 Å². The average molecular weight is 600 g/mol. The van der Waals surface area contributed by atoms with Crippen LogP contribution >= 0.6 is 0 Å². The van der Waals surface area contributed by atoms with E-state index in [1.54, 1.807) is 39.2 Å². The molecular weight excluding hydrogens is 566 g/mol. The summed E-state index contributed by atoms with van der Waals surface area (Å²) in [6.07, 6.45) is -1.44. The number of aliphatic hydroxyl groups excluding tert-OH is 1. The molecule has 3 unspecified atom stereocenters. The molecule has 1 heterocycles. The Morgan fingerprint density at radius 1 is 1.21 bits per heavy atom. The Morgan fingerprint density at radius 2 is 1.88 bits per heavy atom. The lowest BCUT2D eigenvalue weighted by Crippen LogP contribution is -2.75. The Labute approximate surface area is 245 Å². The smallest absolute Gasteiger partial charge is 0.433 e. The molecule has 7 atom stereocenters. The Bertz CT molecular complexity index is 1550. The van der Waals surface area contributed by atoms with Gasteiger partial charge in [-0.05, 0) is 50.6 Å². The van der Waals surface area contributed by atoms with Crippen LogP contribution in [0.5, 0.6) is 5.75 Å². The number of nitro groups is 1. The number of fused-ring (bicyclic) bond motifs is 3. The molecule has 2 saturated carbocycles. The van der Waals surface area contributed by atoms with Crippen molar-refractivity contribution in [3.05, 3.63) is 45.2 Å². The summed E-state index contributed by atoms with van der Waals surface area (Å²) in [6, 6.07) is 3.18. The van der Waals surface area contributed by atoms with E-state index < -0.39 is 81.2 Å². The fourth-order valence-corrected chi connectivity index (χ4v) is 7.15. The molecule has 1 aromatic heterocycles. The van der Waals surface area contributed by atoms with Gasteiger partial charge in [-0.15, -0.1) is 0 Å². The Kier molecular flexibility index (Phi) is 7.31. The van der Waals surface area contributed by atoms with Gasteiger partial charge in [0.1, 0.15) is 22.4 Å². The number of primary amides is 1. The van der Waals surface area contributed by atoms with Crippen molar-refractivity contribution in [1.82, 2.24) is 4.90 Å². The van der Waals surface area contributed by atoms with Crippen molar-refractivity contribution in [2.75, 3.05) is 38.4 Å². The number of benzene rings is 1. The van der Waals surface area contributed by atoms with Gasteiger partial charge in [-0.25, -0.2) is 0 Å². The van der Waals surface area contributed by atoms with Crippen LogP contribution in [0.4, 0.5) is 17.3 Å². The molecule has 6 N–H and O–H groups in total. The van der Waals surface area contributed by atoms with Crippen LogP contribution in [-0.2, 0) is 27.3 Å². The van der Waals surface area contributed by atoms with Gasteiger partial charge in [-0.3, -0.25) is 29.3 Å². The van der Waals surface area contributed by atoms with Crippen LogP contribution in [0.1, 0.15) is 28.1 Å². The van der Waals surface area contributed by atoms with E-state index in [4.69, 9.17) is 10.2 Å². The lowest BCUT2D eigenvalue weighted by molar-refractivity contribution is -0.402. The van der Waals surface area contributed by atoms with E-state index >= 15 is 0 Å². The number of ketones is 3. The maximum Gasteiger partial charge on any atom is 0.433 e. The number of hydrogen-bond donors (Lipinski definition) is 5. The van der Waals surface area contributed by atoms with E-state index in [-0.39, 0.29) is 36.4 Å². The molecule has 2 aromatic rings. The number of phenols is 1. The first-order chi connectivity index (χ1) is 20.1. The number of phenolic OH excluding ortho intramolecular Hbond substituents is 1. The highest BCUT2D eigenvalue weighted by Gasteiger charge is 2.69. The minimum Gasteiger partial charge on any atom is -0.505 e. The van der Waals surface area contributed by atoms with Crippen molar-refractivity contribution < 1.29 is 43.8 Å². The predicted molar refractivity (Wildman–Crippen MR) is 149 cm³/mol. The highest BCUT2D eigenvalue weighted by molar-refractivity contribution is 6.26. The second-order valence-electron chi connectivity index (χ2n) is 11.9. The van der Waals surface area contributed by atoms with Gasteiger partial charge < -0.3 is 40.6 Å². The zero-order valence-electron chi connectivity index (χ0n) is 23.9. The van der Waals surface area contributed by atoms with Crippen LogP contribution in [0, 0.1) is 33.8 Å². The summed E-state index contributed by atoms with van der Waals surface area (Å²) in [5.74, 6) is -10.2. The number of anilines is 2. The molecule has 0 aliphatic heterocycles. The van der Waals surface area contributed by atoms with Gasteiger partial charge in [0.15, 0.2) is 23.0 Å². The molecule has 0 spiro atoms. The van der Waals surface area contributed by atoms with Crippen molar-refractivity contribution in [2.24, 2.45) is 29.4 Å². The van der Waals surface area contributed by atoms with Gasteiger partial charge in [-0.2, -0.15) is 0 Å². The minimum absolute atomic E-state index is 0.000119. The van der Waals surface area contributed by atoms with Crippen LogP contribution < -0.4 is 16.0 Å². The molecular formula is C28H33N5O10. The molecule has 1 amide bonds. The first-order valence-corrected chi connectivity index (χ1v) is 13.6. The Hall–Kier alpha value is -4.34. The molecule has 0 radical (unpaired) electrons. The SMILES string of the molecule is CN(C)c1cc(NCc2ccc([N+](=O)[O-])o2)c(O)c2c1C[C@@H]1C[C@@H]3[C@@H](N(C)C)C(O)C(C(N)=O)C(=O)[C@]3(O)C(=O)C1C2=O. The topological polar surface area (TPSA) is 230 Å². The number of carbonyl (C=O) groups excluding carboxylic acids is 4. The maximum atomic E-state index is 14.1. The lowest BCUT2D eigenvalue weighted by Gasteiger charge is -2.55. The number of nitrogens with one attached hydrogen (secondary N) is 1. The molecule has 230 valence electrons. The van der Waals surface area contributed by atoms with E-state index in [2.05, 4.69) is 5.32 Å². The summed E-state index contributed by atoms with van der Waals surface area (Å²) < 4.78 is 5.15. The van der Waals surface area contributed by atoms with Gasteiger partial charge in [-0.1, -0.05) is 0 Å². The van der Waals surface area contributed by atoms with Crippen molar-refractivity contribution in [2.45, 2.75) is 37.1 Å². The van der Waals surface area contributed by atoms with Crippen LogP contribution in [0.2, 0.25) is 0 Å². The lowest BCUT2D eigenvalue weighted by atomic mass is 9.52. The minimum atomic E-state index is -2.76. The quantitative estimate of drug-likeness (QED) is 0.121. The highest BCUT2D eigenvalue weighted by atomic mass is 16.6. The Balaban J connectivity index is 1.57. The van der Waals surface area contributed by atoms with Gasteiger partial charge in [0, 0.05) is 31.7 Å². The molecule has 2 fully saturated rings. The summed E-state index contributed by atoms with van der Waals surface area (Å²) >= 11 is 0. The maximum absolute atomic E-state index is 14.1. The fourth-order valence-electron chi connectivity index (χ4n) is 7.15. The molecule has 15 heteroatoms. The van der Waals surface area contributed by atoms with Crippen LogP contribution in [0.3, 0.4) is 0 Å². The van der Waals surface area contributed by atoms with E-state index in [0.717, 1.165) is 0 Å².